The summed E-state index contributed by atoms with van der Waals surface area (Å²) in [7, 11) is 0. The first-order valence-corrected chi connectivity index (χ1v) is 6.94. The fourth-order valence-corrected chi connectivity index (χ4v) is 3.00. The van der Waals surface area contributed by atoms with Gasteiger partial charge >= 0.3 is 0 Å². The minimum atomic E-state index is -0.904. The SMILES string of the molecule is Cc1nc2ccc(NC(=O)C3(N)CCOC3)cc2s1. The molecule has 1 aromatic heterocycles. The molecule has 1 atom stereocenters. The molecule has 1 saturated heterocycles. The third kappa shape index (κ3) is 2.34. The molecule has 1 aliphatic rings. The van der Waals surface area contributed by atoms with Crippen LogP contribution in [-0.2, 0) is 9.53 Å². The molecule has 3 rings (SSSR count). The number of aryl methyl sites for hydroxylation is 1. The number of fused-ring (bicyclic) bond motifs is 1. The summed E-state index contributed by atoms with van der Waals surface area (Å²) in [5.74, 6) is -0.189. The Labute approximate surface area is 114 Å². The van der Waals surface area contributed by atoms with Crippen molar-refractivity contribution >= 4 is 33.1 Å². The van der Waals surface area contributed by atoms with E-state index in [1.54, 1.807) is 11.3 Å². The molecule has 100 valence electrons. The van der Waals surface area contributed by atoms with Crippen molar-refractivity contribution in [1.82, 2.24) is 4.98 Å². The van der Waals surface area contributed by atoms with E-state index in [2.05, 4.69) is 10.3 Å². The second-order valence-electron chi connectivity index (χ2n) is 4.83. The molecule has 0 bridgehead atoms. The normalized spacial score (nSPS) is 22.8. The van der Waals surface area contributed by atoms with Crippen molar-refractivity contribution in [2.45, 2.75) is 18.9 Å². The maximum atomic E-state index is 12.1. The number of aromatic nitrogens is 1. The highest BCUT2D eigenvalue weighted by molar-refractivity contribution is 7.18. The number of nitrogens with zero attached hydrogens (tertiary/aromatic N) is 1. The van der Waals surface area contributed by atoms with Gasteiger partial charge < -0.3 is 15.8 Å². The minimum absolute atomic E-state index is 0.189. The molecular weight excluding hydrogens is 262 g/mol. The van der Waals surface area contributed by atoms with Gasteiger partial charge in [-0.2, -0.15) is 0 Å². The summed E-state index contributed by atoms with van der Waals surface area (Å²) < 4.78 is 6.26. The van der Waals surface area contributed by atoms with Gasteiger partial charge in [0.25, 0.3) is 0 Å². The zero-order chi connectivity index (χ0) is 13.5. The van der Waals surface area contributed by atoms with Gasteiger partial charge in [0.1, 0.15) is 5.54 Å². The Hall–Kier alpha value is -1.50. The second-order valence-corrected chi connectivity index (χ2v) is 6.06. The summed E-state index contributed by atoms with van der Waals surface area (Å²) in [6.45, 7) is 2.78. The molecule has 2 heterocycles. The number of carbonyl (C=O) groups is 1. The van der Waals surface area contributed by atoms with E-state index in [4.69, 9.17) is 10.5 Å². The summed E-state index contributed by atoms with van der Waals surface area (Å²) in [4.78, 5) is 16.5. The highest BCUT2D eigenvalue weighted by atomic mass is 32.1. The number of nitrogens with two attached hydrogens (primary N) is 1. The molecule has 2 aromatic rings. The lowest BCUT2D eigenvalue weighted by Gasteiger charge is -2.20. The highest BCUT2D eigenvalue weighted by Gasteiger charge is 2.38. The van der Waals surface area contributed by atoms with Crippen LogP contribution in [0.5, 0.6) is 0 Å². The lowest BCUT2D eigenvalue weighted by Crippen LogP contribution is -2.51. The molecule has 3 N–H and O–H groups in total. The zero-order valence-electron chi connectivity index (χ0n) is 10.6. The van der Waals surface area contributed by atoms with Crippen LogP contribution in [0.25, 0.3) is 10.2 Å². The Morgan fingerprint density at radius 2 is 2.42 bits per heavy atom. The Kier molecular flexibility index (Phi) is 3.00. The first kappa shape index (κ1) is 12.5. The predicted molar refractivity (Wildman–Crippen MR) is 75.3 cm³/mol. The fourth-order valence-electron chi connectivity index (χ4n) is 2.13. The van der Waals surface area contributed by atoms with Crippen molar-refractivity contribution in [3.63, 3.8) is 0 Å². The predicted octanol–water partition coefficient (Wildman–Crippen LogP) is 1.66. The van der Waals surface area contributed by atoms with E-state index in [1.807, 2.05) is 25.1 Å². The van der Waals surface area contributed by atoms with Crippen LogP contribution in [0.4, 0.5) is 5.69 Å². The molecule has 0 aliphatic carbocycles. The number of anilines is 1. The maximum Gasteiger partial charge on any atom is 0.246 e. The Morgan fingerprint density at radius 3 is 3.16 bits per heavy atom. The summed E-state index contributed by atoms with van der Waals surface area (Å²) in [6, 6.07) is 5.68. The lowest BCUT2D eigenvalue weighted by atomic mass is 9.99. The summed E-state index contributed by atoms with van der Waals surface area (Å²) >= 11 is 1.61. The molecule has 1 unspecified atom stereocenters. The number of hydrogen-bond donors (Lipinski definition) is 2. The number of nitrogens with one attached hydrogen (secondary N) is 1. The molecule has 6 heteroatoms. The van der Waals surface area contributed by atoms with Crippen molar-refractivity contribution in [2.24, 2.45) is 5.73 Å². The number of hydrogen-bond acceptors (Lipinski definition) is 5. The van der Waals surface area contributed by atoms with Gasteiger partial charge in [-0.05, 0) is 31.5 Å². The molecule has 0 saturated carbocycles. The van der Waals surface area contributed by atoms with Gasteiger partial charge in [0.2, 0.25) is 5.91 Å². The highest BCUT2D eigenvalue weighted by Crippen LogP contribution is 2.25. The number of benzene rings is 1. The largest absolute Gasteiger partial charge is 0.379 e. The molecule has 19 heavy (non-hydrogen) atoms. The van der Waals surface area contributed by atoms with E-state index in [0.717, 1.165) is 20.9 Å². The van der Waals surface area contributed by atoms with Crippen LogP contribution in [-0.4, -0.2) is 29.6 Å². The molecule has 1 fully saturated rings. The first-order chi connectivity index (χ1) is 9.07. The summed E-state index contributed by atoms with van der Waals surface area (Å²) in [6.07, 6.45) is 0.556. The fraction of sp³-hybridized carbons (Fsp3) is 0.385. The topological polar surface area (TPSA) is 77.2 Å². The second kappa shape index (κ2) is 4.56. The van der Waals surface area contributed by atoms with Gasteiger partial charge in [-0.3, -0.25) is 4.79 Å². The minimum Gasteiger partial charge on any atom is -0.379 e. The smallest absolute Gasteiger partial charge is 0.246 e. The number of thiazole rings is 1. The Morgan fingerprint density at radius 1 is 1.58 bits per heavy atom. The monoisotopic (exact) mass is 277 g/mol. The molecule has 1 amide bonds. The molecule has 1 aliphatic heterocycles. The first-order valence-electron chi connectivity index (χ1n) is 6.12. The van der Waals surface area contributed by atoms with Crippen LogP contribution in [0, 0.1) is 6.92 Å². The van der Waals surface area contributed by atoms with Crippen LogP contribution in [0.1, 0.15) is 11.4 Å². The van der Waals surface area contributed by atoms with Gasteiger partial charge in [0.05, 0.1) is 21.8 Å². The maximum absolute atomic E-state index is 12.1. The Balaban J connectivity index is 1.82. The van der Waals surface area contributed by atoms with Crippen LogP contribution in [0.15, 0.2) is 18.2 Å². The van der Waals surface area contributed by atoms with E-state index in [-0.39, 0.29) is 12.5 Å². The lowest BCUT2D eigenvalue weighted by molar-refractivity contribution is -0.121. The van der Waals surface area contributed by atoms with Gasteiger partial charge in [0.15, 0.2) is 0 Å². The van der Waals surface area contributed by atoms with Crippen LogP contribution in [0.2, 0.25) is 0 Å². The number of amides is 1. The van der Waals surface area contributed by atoms with Gasteiger partial charge in [-0.15, -0.1) is 11.3 Å². The Bertz CT molecular complexity index is 632. The molecule has 0 spiro atoms. The van der Waals surface area contributed by atoms with Gasteiger partial charge in [0, 0.05) is 12.3 Å². The standard InChI is InChI=1S/C13H15N3O2S/c1-8-15-10-3-2-9(6-11(10)19-8)16-12(17)13(14)4-5-18-7-13/h2-3,6H,4-5,7,14H2,1H3,(H,16,17). The number of ether oxygens (including phenoxy) is 1. The third-order valence-corrected chi connectivity index (χ3v) is 4.19. The van der Waals surface area contributed by atoms with E-state index < -0.39 is 5.54 Å². The average molecular weight is 277 g/mol. The molecule has 5 nitrogen and oxygen atoms in total. The van der Waals surface area contributed by atoms with Gasteiger partial charge in [-0.1, -0.05) is 0 Å². The van der Waals surface area contributed by atoms with Crippen molar-refractivity contribution in [2.75, 3.05) is 18.5 Å². The number of rotatable bonds is 2. The van der Waals surface area contributed by atoms with Gasteiger partial charge in [-0.25, -0.2) is 4.98 Å². The van der Waals surface area contributed by atoms with E-state index in [9.17, 15) is 4.79 Å². The quantitative estimate of drug-likeness (QED) is 0.875. The third-order valence-electron chi connectivity index (χ3n) is 3.26. The van der Waals surface area contributed by atoms with E-state index >= 15 is 0 Å². The zero-order valence-corrected chi connectivity index (χ0v) is 11.4. The van der Waals surface area contributed by atoms with Crippen LogP contribution < -0.4 is 11.1 Å². The van der Waals surface area contributed by atoms with E-state index in [0.29, 0.717) is 13.0 Å². The average Bonchev–Trinajstić information content (AvgIpc) is 2.95. The van der Waals surface area contributed by atoms with Crippen molar-refractivity contribution in [3.8, 4) is 0 Å². The molecule has 0 radical (unpaired) electrons. The van der Waals surface area contributed by atoms with Crippen molar-refractivity contribution in [1.29, 1.82) is 0 Å². The summed E-state index contributed by atoms with van der Waals surface area (Å²) in [5.41, 5.74) is 6.82. The van der Waals surface area contributed by atoms with Crippen molar-refractivity contribution in [3.05, 3.63) is 23.2 Å². The number of carbonyl (C=O) groups excluding carboxylic acids is 1. The van der Waals surface area contributed by atoms with E-state index in [1.165, 1.54) is 0 Å². The van der Waals surface area contributed by atoms with Crippen LogP contribution >= 0.6 is 11.3 Å². The molecular formula is C13H15N3O2S. The van der Waals surface area contributed by atoms with Crippen LogP contribution in [0.3, 0.4) is 0 Å². The van der Waals surface area contributed by atoms with Crippen molar-refractivity contribution < 1.29 is 9.53 Å². The summed E-state index contributed by atoms with van der Waals surface area (Å²) in [5, 5.41) is 3.87. The molecule has 1 aromatic carbocycles.